The molecule has 1 aliphatic heterocycles. The average molecular weight is 496 g/mol. The third kappa shape index (κ3) is 4.68. The number of nitrogens with one attached hydrogen (secondary N) is 1. The Bertz CT molecular complexity index is 1450. The van der Waals surface area contributed by atoms with E-state index in [1.807, 2.05) is 35.7 Å². The number of halogens is 2. The molecule has 164 valence electrons. The summed E-state index contributed by atoms with van der Waals surface area (Å²) in [6, 6.07) is 14.4. The minimum absolute atomic E-state index is 0.00586. The summed E-state index contributed by atoms with van der Waals surface area (Å²) in [5.41, 5.74) is 3.70. The lowest BCUT2D eigenvalue weighted by molar-refractivity contribution is -0.118. The molecule has 0 unspecified atom stereocenters. The minimum atomic E-state index is -0.193. The summed E-state index contributed by atoms with van der Waals surface area (Å²) >= 11 is 13.8. The van der Waals surface area contributed by atoms with Crippen LogP contribution < -0.4 is 14.9 Å². The van der Waals surface area contributed by atoms with Crippen molar-refractivity contribution in [3.05, 3.63) is 86.7 Å². The van der Waals surface area contributed by atoms with Gasteiger partial charge in [-0.1, -0.05) is 23.2 Å². The van der Waals surface area contributed by atoms with Gasteiger partial charge in [0.15, 0.2) is 6.61 Å². The fourth-order valence-corrected chi connectivity index (χ4v) is 4.48. The molecule has 3 heterocycles. The molecule has 10 heteroatoms. The quantitative estimate of drug-likeness (QED) is 0.386. The Labute approximate surface area is 202 Å². The Balaban J connectivity index is 1.64. The van der Waals surface area contributed by atoms with Gasteiger partial charge in [-0.2, -0.15) is 5.10 Å². The zero-order valence-corrected chi connectivity index (χ0v) is 19.2. The summed E-state index contributed by atoms with van der Waals surface area (Å²) in [6.45, 7) is 0.00586. The molecule has 0 atom stereocenters. The molecule has 0 saturated carbocycles. The Hall–Kier alpha value is -3.46. The van der Waals surface area contributed by atoms with Crippen molar-refractivity contribution in [2.45, 2.75) is 0 Å². The molecule has 7 nitrogen and oxygen atoms in total. The molecule has 1 amide bonds. The second-order valence-electron chi connectivity index (χ2n) is 7.00. The van der Waals surface area contributed by atoms with Crippen molar-refractivity contribution in [1.82, 2.24) is 9.66 Å². The number of nitrogens with zero attached hydrogens (tertiary/aromatic N) is 4. The highest BCUT2D eigenvalue weighted by molar-refractivity contribution is 7.07. The Morgan fingerprint density at radius 1 is 1.12 bits per heavy atom. The van der Waals surface area contributed by atoms with Crippen LogP contribution in [0, 0.1) is 0 Å². The van der Waals surface area contributed by atoms with Crippen molar-refractivity contribution in [3.8, 4) is 17.0 Å². The highest BCUT2D eigenvalue weighted by Gasteiger charge is 2.18. The summed E-state index contributed by atoms with van der Waals surface area (Å²) in [6.07, 6.45) is 5.13. The van der Waals surface area contributed by atoms with E-state index < -0.39 is 0 Å². The van der Waals surface area contributed by atoms with Crippen molar-refractivity contribution in [3.63, 3.8) is 0 Å². The molecule has 0 fully saturated rings. The number of hydrogen-bond acceptors (Lipinski definition) is 6. The third-order valence-corrected chi connectivity index (χ3v) is 6.10. The first-order chi connectivity index (χ1) is 16.1. The number of hydrogen-bond donors (Lipinski definition) is 1. The first-order valence-corrected chi connectivity index (χ1v) is 11.4. The molecule has 4 aromatic rings. The van der Waals surface area contributed by atoms with E-state index in [0.717, 1.165) is 16.8 Å². The fourth-order valence-electron chi connectivity index (χ4n) is 3.18. The molecule has 1 aliphatic rings. The van der Waals surface area contributed by atoms with Crippen LogP contribution in [0.4, 0.5) is 11.4 Å². The number of amides is 1. The van der Waals surface area contributed by atoms with Gasteiger partial charge in [-0.05, 0) is 54.1 Å². The number of anilines is 1. The fraction of sp³-hybridized carbons (Fsp3) is 0.0435. The summed E-state index contributed by atoms with van der Waals surface area (Å²) in [5, 5.41) is 10.4. The molecule has 0 bridgehead atoms. The SMILES string of the molecule is O=C1COc2ccc(-c3csc(=Nc4ccc(Cl)cc4Cl)n3N=Cc3ccncc3)cc2N1. The molecule has 0 saturated heterocycles. The molecule has 5 rings (SSSR count). The zero-order valence-electron chi connectivity index (χ0n) is 16.9. The van der Waals surface area contributed by atoms with Gasteiger partial charge < -0.3 is 10.1 Å². The maximum Gasteiger partial charge on any atom is 0.262 e. The van der Waals surface area contributed by atoms with E-state index in [1.54, 1.807) is 41.5 Å². The number of pyridine rings is 1. The van der Waals surface area contributed by atoms with Gasteiger partial charge in [0.2, 0.25) is 4.80 Å². The lowest BCUT2D eigenvalue weighted by Gasteiger charge is -2.18. The van der Waals surface area contributed by atoms with Gasteiger partial charge in [0.05, 0.1) is 28.3 Å². The Morgan fingerprint density at radius 3 is 2.79 bits per heavy atom. The minimum Gasteiger partial charge on any atom is -0.482 e. The number of rotatable bonds is 4. The first-order valence-electron chi connectivity index (χ1n) is 9.78. The molecule has 0 spiro atoms. The van der Waals surface area contributed by atoms with E-state index in [1.165, 1.54) is 11.3 Å². The number of carbonyl (C=O) groups excluding carboxylic acids is 1. The van der Waals surface area contributed by atoms with Crippen molar-refractivity contribution in [1.29, 1.82) is 0 Å². The summed E-state index contributed by atoms with van der Waals surface area (Å²) in [4.78, 5) is 21.1. The van der Waals surface area contributed by atoms with Crippen LogP contribution >= 0.6 is 34.5 Å². The number of carbonyl (C=O) groups is 1. The van der Waals surface area contributed by atoms with Gasteiger partial charge in [0.1, 0.15) is 5.75 Å². The summed E-state index contributed by atoms with van der Waals surface area (Å²) in [7, 11) is 0. The smallest absolute Gasteiger partial charge is 0.262 e. The number of aromatic nitrogens is 2. The lowest BCUT2D eigenvalue weighted by atomic mass is 10.1. The normalized spacial score (nSPS) is 13.6. The number of benzene rings is 2. The monoisotopic (exact) mass is 495 g/mol. The van der Waals surface area contributed by atoms with Gasteiger partial charge in [0.25, 0.3) is 5.91 Å². The van der Waals surface area contributed by atoms with Crippen molar-refractivity contribution in [2.75, 3.05) is 11.9 Å². The third-order valence-electron chi connectivity index (χ3n) is 4.75. The van der Waals surface area contributed by atoms with Crippen LogP contribution in [-0.4, -0.2) is 28.4 Å². The predicted molar refractivity (Wildman–Crippen MR) is 131 cm³/mol. The second kappa shape index (κ2) is 9.19. The largest absolute Gasteiger partial charge is 0.482 e. The maximum absolute atomic E-state index is 11.8. The van der Waals surface area contributed by atoms with Crippen LogP contribution in [0.2, 0.25) is 10.0 Å². The van der Waals surface area contributed by atoms with E-state index in [2.05, 4.69) is 15.4 Å². The van der Waals surface area contributed by atoms with Crippen LogP contribution in [0.25, 0.3) is 11.3 Å². The first kappa shape index (κ1) is 21.4. The zero-order chi connectivity index (χ0) is 22.8. The average Bonchev–Trinajstić information content (AvgIpc) is 3.22. The maximum atomic E-state index is 11.8. The van der Waals surface area contributed by atoms with Gasteiger partial charge in [-0.15, -0.1) is 11.3 Å². The second-order valence-corrected chi connectivity index (χ2v) is 8.68. The lowest BCUT2D eigenvalue weighted by Crippen LogP contribution is -2.25. The van der Waals surface area contributed by atoms with Gasteiger partial charge in [0, 0.05) is 28.4 Å². The van der Waals surface area contributed by atoms with Crippen molar-refractivity contribution < 1.29 is 9.53 Å². The van der Waals surface area contributed by atoms with E-state index in [4.69, 9.17) is 32.9 Å². The topological polar surface area (TPSA) is 80.9 Å². The molecule has 33 heavy (non-hydrogen) atoms. The van der Waals surface area contributed by atoms with Crippen LogP contribution in [0.1, 0.15) is 5.56 Å². The molecule has 2 aromatic heterocycles. The van der Waals surface area contributed by atoms with Crippen molar-refractivity contribution >= 4 is 58.0 Å². The van der Waals surface area contributed by atoms with E-state index in [9.17, 15) is 4.79 Å². The number of thiazole rings is 1. The van der Waals surface area contributed by atoms with Gasteiger partial charge in [-0.3, -0.25) is 9.78 Å². The highest BCUT2D eigenvalue weighted by Crippen LogP contribution is 2.33. The molecular formula is C23H15Cl2N5O2S. The van der Waals surface area contributed by atoms with E-state index >= 15 is 0 Å². The Morgan fingerprint density at radius 2 is 1.97 bits per heavy atom. The van der Waals surface area contributed by atoms with Crippen LogP contribution in [0.15, 0.2) is 76.4 Å². The molecule has 2 aromatic carbocycles. The van der Waals surface area contributed by atoms with Gasteiger partial charge >= 0.3 is 0 Å². The predicted octanol–water partition coefficient (Wildman–Crippen LogP) is 5.36. The molecule has 0 radical (unpaired) electrons. The van der Waals surface area contributed by atoms with Gasteiger partial charge in [-0.25, -0.2) is 9.67 Å². The number of ether oxygens (including phenoxy) is 1. The van der Waals surface area contributed by atoms with E-state index in [0.29, 0.717) is 32.0 Å². The highest BCUT2D eigenvalue weighted by atomic mass is 35.5. The summed E-state index contributed by atoms with van der Waals surface area (Å²) in [5.74, 6) is 0.430. The van der Waals surface area contributed by atoms with Crippen LogP contribution in [-0.2, 0) is 4.79 Å². The molecule has 0 aliphatic carbocycles. The molecular weight excluding hydrogens is 481 g/mol. The van der Waals surface area contributed by atoms with Crippen molar-refractivity contribution in [2.24, 2.45) is 10.1 Å². The summed E-state index contributed by atoms with van der Waals surface area (Å²) < 4.78 is 7.20. The standard InChI is InChI=1S/C23H15Cl2N5O2S/c24-16-2-3-18(17(25)10-16)29-23-30(27-11-14-5-7-26-8-6-14)20(13-33-23)15-1-4-21-19(9-15)28-22(31)12-32-21/h1-11,13H,12H2,(H,28,31). The Kier molecular flexibility index (Phi) is 5.95. The van der Waals surface area contributed by atoms with Crippen LogP contribution in [0.3, 0.4) is 0 Å². The van der Waals surface area contributed by atoms with E-state index in [-0.39, 0.29) is 12.5 Å². The molecule has 1 N–H and O–H groups in total. The van der Waals surface area contributed by atoms with Crippen LogP contribution in [0.5, 0.6) is 5.75 Å². The number of fused-ring (bicyclic) bond motifs is 1.